The van der Waals surface area contributed by atoms with E-state index in [1.54, 1.807) is 0 Å². The molecule has 0 saturated carbocycles. The van der Waals surface area contributed by atoms with E-state index < -0.39 is 0 Å². The van der Waals surface area contributed by atoms with Crippen molar-refractivity contribution >= 4 is 0 Å². The van der Waals surface area contributed by atoms with Crippen molar-refractivity contribution in [3.05, 3.63) is 0 Å². The molecule has 28 heavy (non-hydrogen) atoms. The number of aliphatic hydroxyl groups excluding tert-OH is 3. The Bertz CT molecular complexity index is 160. The molecular weight excluding hydrogens is 437 g/mol. The molecule has 0 heterocycles. The second-order valence-electron chi connectivity index (χ2n) is 6.13. The summed E-state index contributed by atoms with van der Waals surface area (Å²) >= 11 is 0. The fourth-order valence-corrected chi connectivity index (χ4v) is 1.69. The first kappa shape index (κ1) is 36.2. The molecule has 0 saturated heterocycles. The summed E-state index contributed by atoms with van der Waals surface area (Å²) in [7, 11) is 0. The summed E-state index contributed by atoms with van der Waals surface area (Å²) in [6.45, 7) is 12.1. The molecule has 0 aromatic heterocycles. The van der Waals surface area contributed by atoms with E-state index in [0.29, 0.717) is 0 Å². The number of ether oxygens (including phenoxy) is 3. The van der Waals surface area contributed by atoms with Gasteiger partial charge in [0.25, 0.3) is 0 Å². The van der Waals surface area contributed by atoms with Gasteiger partial charge in [0.15, 0.2) is 0 Å². The van der Waals surface area contributed by atoms with E-state index in [4.69, 9.17) is 29.5 Å². The van der Waals surface area contributed by atoms with Crippen LogP contribution in [-0.4, -0.2) is 74.8 Å². The van der Waals surface area contributed by atoms with Crippen molar-refractivity contribution in [2.45, 2.75) is 78.6 Å². The summed E-state index contributed by atoms with van der Waals surface area (Å²) in [6, 6.07) is 0. The van der Waals surface area contributed by atoms with E-state index >= 15 is 0 Å². The van der Waals surface area contributed by atoms with Gasteiger partial charge >= 0.3 is 0 Å². The van der Waals surface area contributed by atoms with E-state index in [-0.39, 0.29) is 52.5 Å². The van der Waals surface area contributed by atoms with Crippen LogP contribution < -0.4 is 0 Å². The maximum atomic E-state index is 8.37. The summed E-state index contributed by atoms with van der Waals surface area (Å²) in [5.41, 5.74) is 0. The standard InChI is InChI=1S/3C7H16O2.Y/c3*1-2-6-9-7-4-3-5-8;/h3*8H,2-7H2,1H3;. The van der Waals surface area contributed by atoms with Crippen molar-refractivity contribution in [1.82, 2.24) is 0 Å². The maximum absolute atomic E-state index is 8.37. The van der Waals surface area contributed by atoms with Gasteiger partial charge < -0.3 is 29.5 Å². The molecule has 171 valence electrons. The minimum absolute atomic E-state index is 0. The smallest absolute Gasteiger partial charge is 0.0466 e. The fourth-order valence-electron chi connectivity index (χ4n) is 1.69. The molecule has 7 heteroatoms. The Kier molecular flexibility index (Phi) is 54.5. The van der Waals surface area contributed by atoms with Crippen LogP contribution in [0.15, 0.2) is 0 Å². The van der Waals surface area contributed by atoms with Gasteiger partial charge in [-0.15, -0.1) is 0 Å². The van der Waals surface area contributed by atoms with Crippen LogP contribution in [0.25, 0.3) is 0 Å². The van der Waals surface area contributed by atoms with Crippen LogP contribution in [0.4, 0.5) is 0 Å². The Hall–Kier alpha value is 0.864. The third kappa shape index (κ3) is 50.5. The maximum Gasteiger partial charge on any atom is 0.0466 e. The summed E-state index contributed by atoms with van der Waals surface area (Å²) in [6.07, 6.45) is 8.79. The molecule has 0 rings (SSSR count). The molecule has 6 nitrogen and oxygen atoms in total. The number of aliphatic hydroxyl groups is 3. The topological polar surface area (TPSA) is 88.4 Å². The van der Waals surface area contributed by atoms with Crippen LogP contribution in [0.5, 0.6) is 0 Å². The molecular formula is C21H48O6Y. The second-order valence-corrected chi connectivity index (χ2v) is 6.13. The second kappa shape index (κ2) is 42.1. The van der Waals surface area contributed by atoms with Gasteiger partial charge in [-0.1, -0.05) is 20.8 Å². The number of unbranched alkanes of at least 4 members (excludes halogenated alkanes) is 3. The molecule has 0 atom stereocenters. The Balaban J connectivity index is -0.000000152. The average Bonchev–Trinajstić information content (AvgIpc) is 2.69. The largest absolute Gasteiger partial charge is 0.396 e. The summed E-state index contributed by atoms with van der Waals surface area (Å²) in [5, 5.41) is 25.1. The molecule has 0 aliphatic heterocycles. The first-order valence-corrected chi connectivity index (χ1v) is 10.8. The zero-order valence-electron chi connectivity index (χ0n) is 18.9. The van der Waals surface area contributed by atoms with E-state index in [2.05, 4.69) is 20.8 Å². The fraction of sp³-hybridized carbons (Fsp3) is 1.00. The van der Waals surface area contributed by atoms with Gasteiger partial charge in [-0.2, -0.15) is 0 Å². The van der Waals surface area contributed by atoms with Crippen molar-refractivity contribution in [1.29, 1.82) is 0 Å². The normalized spacial score (nSPS) is 9.64. The molecule has 0 aromatic carbocycles. The van der Waals surface area contributed by atoms with Gasteiger partial charge in [-0.05, 0) is 57.8 Å². The minimum atomic E-state index is 0. The molecule has 0 amide bonds. The van der Waals surface area contributed by atoms with E-state index in [9.17, 15) is 0 Å². The molecule has 0 fully saturated rings. The summed E-state index contributed by atoms with van der Waals surface area (Å²) in [5.74, 6) is 0. The van der Waals surface area contributed by atoms with Crippen molar-refractivity contribution in [2.75, 3.05) is 59.5 Å². The van der Waals surface area contributed by atoms with Gasteiger partial charge in [0.05, 0.1) is 0 Å². The third-order valence-electron chi connectivity index (χ3n) is 3.14. The molecule has 0 unspecified atom stereocenters. The summed E-state index contributed by atoms with van der Waals surface area (Å²) < 4.78 is 15.5. The number of hydrogen-bond donors (Lipinski definition) is 3. The first-order valence-electron chi connectivity index (χ1n) is 10.8. The van der Waals surface area contributed by atoms with Gasteiger partial charge in [-0.3, -0.25) is 0 Å². The quantitative estimate of drug-likeness (QED) is 0.258. The van der Waals surface area contributed by atoms with Gasteiger partial charge in [0.2, 0.25) is 0 Å². The summed E-state index contributed by atoms with van der Waals surface area (Å²) in [4.78, 5) is 0. The molecule has 0 spiro atoms. The van der Waals surface area contributed by atoms with E-state index in [1.807, 2.05) is 0 Å². The molecule has 1 radical (unpaired) electrons. The van der Waals surface area contributed by atoms with Crippen LogP contribution in [0, 0.1) is 0 Å². The van der Waals surface area contributed by atoms with Gasteiger partial charge in [-0.25, -0.2) is 0 Å². The van der Waals surface area contributed by atoms with Crippen molar-refractivity contribution in [2.24, 2.45) is 0 Å². The van der Waals surface area contributed by atoms with Crippen molar-refractivity contribution in [3.8, 4) is 0 Å². The van der Waals surface area contributed by atoms with Crippen LogP contribution in [-0.2, 0) is 46.9 Å². The zero-order chi connectivity index (χ0) is 20.8. The Morgan fingerprint density at radius 1 is 0.429 bits per heavy atom. The van der Waals surface area contributed by atoms with Crippen molar-refractivity contribution in [3.63, 3.8) is 0 Å². The van der Waals surface area contributed by atoms with Crippen LogP contribution >= 0.6 is 0 Å². The average molecular weight is 486 g/mol. The molecule has 0 aromatic rings. The van der Waals surface area contributed by atoms with Crippen LogP contribution in [0.3, 0.4) is 0 Å². The predicted octanol–water partition coefficient (Wildman–Crippen LogP) is 3.55. The predicted molar refractivity (Wildman–Crippen MR) is 112 cm³/mol. The molecule has 0 bridgehead atoms. The molecule has 0 aliphatic rings. The van der Waals surface area contributed by atoms with Gasteiger partial charge in [0, 0.05) is 92.2 Å². The Morgan fingerprint density at radius 2 is 0.679 bits per heavy atom. The Labute approximate surface area is 199 Å². The first-order chi connectivity index (χ1) is 13.2. The molecule has 0 aliphatic carbocycles. The van der Waals surface area contributed by atoms with Gasteiger partial charge in [0.1, 0.15) is 0 Å². The molecule has 3 N–H and O–H groups in total. The van der Waals surface area contributed by atoms with Crippen LogP contribution in [0.2, 0.25) is 0 Å². The monoisotopic (exact) mass is 485 g/mol. The third-order valence-corrected chi connectivity index (χ3v) is 3.14. The minimum Gasteiger partial charge on any atom is -0.396 e. The number of rotatable bonds is 18. The Morgan fingerprint density at radius 3 is 0.857 bits per heavy atom. The SMILES string of the molecule is CCCOCCCCO.CCCOCCCCO.CCCOCCCCO.[Y]. The van der Waals surface area contributed by atoms with E-state index in [1.165, 1.54) is 0 Å². The van der Waals surface area contributed by atoms with Crippen molar-refractivity contribution < 1.29 is 62.2 Å². The zero-order valence-corrected chi connectivity index (χ0v) is 21.7. The van der Waals surface area contributed by atoms with Crippen LogP contribution in [0.1, 0.15) is 78.6 Å². The van der Waals surface area contributed by atoms with E-state index in [0.717, 1.165) is 97.4 Å². The number of hydrogen-bond acceptors (Lipinski definition) is 6.